The molecule has 21 heavy (non-hydrogen) atoms. The highest BCUT2D eigenvalue weighted by atomic mass is 32.1. The van der Waals surface area contributed by atoms with E-state index < -0.39 is 0 Å². The number of rotatable bonds is 6. The number of benzene rings is 1. The van der Waals surface area contributed by atoms with Crippen molar-refractivity contribution in [2.75, 3.05) is 5.32 Å². The number of aryl methyl sites for hydroxylation is 1. The van der Waals surface area contributed by atoms with E-state index in [-0.39, 0.29) is 5.54 Å². The van der Waals surface area contributed by atoms with Crippen LogP contribution in [0.2, 0.25) is 0 Å². The molecule has 110 valence electrons. The van der Waals surface area contributed by atoms with Gasteiger partial charge in [-0.1, -0.05) is 42.5 Å². The average molecular weight is 299 g/mol. The Labute approximate surface area is 131 Å². The van der Waals surface area contributed by atoms with Crippen molar-refractivity contribution in [2.45, 2.75) is 32.2 Å². The molecule has 0 radical (unpaired) electrons. The maximum Gasteiger partial charge on any atom is 0.106 e. The van der Waals surface area contributed by atoms with Crippen molar-refractivity contribution >= 4 is 22.9 Å². The monoisotopic (exact) mass is 299 g/mol. The molecule has 0 bridgehead atoms. The molecule has 0 amide bonds. The van der Waals surface area contributed by atoms with E-state index in [0.717, 1.165) is 24.1 Å². The van der Waals surface area contributed by atoms with E-state index in [0.29, 0.717) is 4.99 Å². The smallest absolute Gasteiger partial charge is 0.106 e. The van der Waals surface area contributed by atoms with Crippen LogP contribution < -0.4 is 11.1 Å². The molecule has 1 aromatic carbocycles. The number of anilines is 1. The number of thiocarbonyl (C=S) groups is 1. The molecule has 0 saturated heterocycles. The van der Waals surface area contributed by atoms with Crippen molar-refractivity contribution in [2.24, 2.45) is 5.73 Å². The maximum absolute atomic E-state index is 5.76. The minimum absolute atomic E-state index is 0.0710. The van der Waals surface area contributed by atoms with Gasteiger partial charge in [-0.05, 0) is 38.3 Å². The summed E-state index contributed by atoms with van der Waals surface area (Å²) in [6.07, 6.45) is 5.50. The SMILES string of the molecule is CC(C)(CCc1ccccc1)Nc1cnccc1C(N)=S. The third-order valence-electron chi connectivity index (χ3n) is 3.44. The molecule has 3 nitrogen and oxygen atoms in total. The highest BCUT2D eigenvalue weighted by molar-refractivity contribution is 7.80. The first-order valence-corrected chi connectivity index (χ1v) is 7.45. The van der Waals surface area contributed by atoms with Crippen LogP contribution in [0.15, 0.2) is 48.8 Å². The number of nitrogens with two attached hydrogens (primary N) is 1. The van der Waals surface area contributed by atoms with Gasteiger partial charge in [-0.3, -0.25) is 4.98 Å². The van der Waals surface area contributed by atoms with Crippen LogP contribution >= 0.6 is 12.2 Å². The van der Waals surface area contributed by atoms with Gasteiger partial charge in [0.15, 0.2) is 0 Å². The average Bonchev–Trinajstić information content (AvgIpc) is 2.46. The first-order valence-electron chi connectivity index (χ1n) is 7.04. The molecule has 0 saturated carbocycles. The van der Waals surface area contributed by atoms with E-state index in [9.17, 15) is 0 Å². The number of nitrogens with zero attached hydrogens (tertiary/aromatic N) is 1. The molecule has 2 aromatic rings. The third-order valence-corrected chi connectivity index (χ3v) is 3.66. The van der Waals surface area contributed by atoms with Crippen LogP contribution in [0.3, 0.4) is 0 Å². The Kier molecular flexibility index (Phi) is 4.91. The lowest BCUT2D eigenvalue weighted by atomic mass is 9.94. The fraction of sp³-hybridized carbons (Fsp3) is 0.294. The standard InChI is InChI=1S/C17H21N3S/c1-17(2,10-8-13-6-4-3-5-7-13)20-15-12-19-11-9-14(15)16(18)21/h3-7,9,11-12,20H,8,10H2,1-2H3,(H2,18,21). The molecule has 0 aliphatic rings. The second-order valence-corrected chi connectivity index (χ2v) is 6.22. The van der Waals surface area contributed by atoms with Gasteiger partial charge < -0.3 is 11.1 Å². The summed E-state index contributed by atoms with van der Waals surface area (Å²) in [5.74, 6) is 0. The number of hydrogen-bond acceptors (Lipinski definition) is 3. The van der Waals surface area contributed by atoms with Crippen LogP contribution in [0.5, 0.6) is 0 Å². The first kappa shape index (κ1) is 15.4. The lowest BCUT2D eigenvalue weighted by Gasteiger charge is -2.28. The molecule has 0 atom stereocenters. The summed E-state index contributed by atoms with van der Waals surface area (Å²) in [5.41, 5.74) is 8.76. The molecule has 3 N–H and O–H groups in total. The predicted molar refractivity (Wildman–Crippen MR) is 92.6 cm³/mol. The number of pyridine rings is 1. The van der Waals surface area contributed by atoms with Gasteiger partial charge in [-0.25, -0.2) is 0 Å². The highest BCUT2D eigenvalue weighted by Gasteiger charge is 2.19. The second kappa shape index (κ2) is 6.68. The zero-order valence-corrected chi connectivity index (χ0v) is 13.3. The van der Waals surface area contributed by atoms with Crippen molar-refractivity contribution in [3.05, 3.63) is 59.9 Å². The Bertz CT molecular complexity index is 608. The lowest BCUT2D eigenvalue weighted by molar-refractivity contribution is 0.518. The van der Waals surface area contributed by atoms with Crippen LogP contribution in [0.1, 0.15) is 31.4 Å². The normalized spacial score (nSPS) is 11.1. The summed E-state index contributed by atoms with van der Waals surface area (Å²) in [5, 5.41) is 3.51. The maximum atomic E-state index is 5.76. The van der Waals surface area contributed by atoms with Crippen LogP contribution in [-0.4, -0.2) is 15.5 Å². The predicted octanol–water partition coefficient (Wildman–Crippen LogP) is 3.54. The zero-order valence-electron chi connectivity index (χ0n) is 12.5. The van der Waals surface area contributed by atoms with Crippen LogP contribution in [0, 0.1) is 0 Å². The summed E-state index contributed by atoms with van der Waals surface area (Å²) < 4.78 is 0. The zero-order chi connectivity index (χ0) is 15.3. The molecule has 1 aromatic heterocycles. The summed E-state index contributed by atoms with van der Waals surface area (Å²) in [7, 11) is 0. The van der Waals surface area contributed by atoms with E-state index in [1.807, 2.05) is 12.1 Å². The molecule has 1 heterocycles. The minimum atomic E-state index is -0.0710. The van der Waals surface area contributed by atoms with Gasteiger partial charge in [-0.2, -0.15) is 0 Å². The molecule has 4 heteroatoms. The van der Waals surface area contributed by atoms with Gasteiger partial charge >= 0.3 is 0 Å². The van der Waals surface area contributed by atoms with Gasteiger partial charge in [0.25, 0.3) is 0 Å². The van der Waals surface area contributed by atoms with Crippen molar-refractivity contribution < 1.29 is 0 Å². The molecular weight excluding hydrogens is 278 g/mol. The molecule has 0 aliphatic carbocycles. The Balaban J connectivity index is 2.05. The van der Waals surface area contributed by atoms with Crippen LogP contribution in [0.25, 0.3) is 0 Å². The summed E-state index contributed by atoms with van der Waals surface area (Å²) in [6.45, 7) is 4.35. The quantitative estimate of drug-likeness (QED) is 0.801. The Morgan fingerprint density at radius 3 is 2.62 bits per heavy atom. The van der Waals surface area contributed by atoms with Crippen LogP contribution in [0.4, 0.5) is 5.69 Å². The fourth-order valence-electron chi connectivity index (χ4n) is 2.24. The summed E-state index contributed by atoms with van der Waals surface area (Å²) in [4.78, 5) is 4.54. The van der Waals surface area contributed by atoms with E-state index in [2.05, 4.69) is 48.4 Å². The molecule has 0 aliphatic heterocycles. The number of aromatic nitrogens is 1. The van der Waals surface area contributed by atoms with Gasteiger partial charge in [0.1, 0.15) is 4.99 Å². The molecule has 0 spiro atoms. The van der Waals surface area contributed by atoms with Gasteiger partial charge in [0.05, 0.1) is 11.9 Å². The Hall–Kier alpha value is -1.94. The van der Waals surface area contributed by atoms with Gasteiger partial charge in [0.2, 0.25) is 0 Å². The minimum Gasteiger partial charge on any atom is -0.389 e. The molecule has 0 fully saturated rings. The van der Waals surface area contributed by atoms with Crippen molar-refractivity contribution in [3.8, 4) is 0 Å². The van der Waals surface area contributed by atoms with E-state index in [4.69, 9.17) is 18.0 Å². The largest absolute Gasteiger partial charge is 0.389 e. The molecular formula is C17H21N3S. The Morgan fingerprint density at radius 1 is 1.24 bits per heavy atom. The first-order chi connectivity index (χ1) is 9.98. The molecule has 0 unspecified atom stereocenters. The fourth-order valence-corrected chi connectivity index (χ4v) is 2.42. The summed E-state index contributed by atoms with van der Waals surface area (Å²) >= 11 is 5.09. The van der Waals surface area contributed by atoms with Crippen molar-refractivity contribution in [1.82, 2.24) is 4.98 Å². The third kappa shape index (κ3) is 4.53. The lowest BCUT2D eigenvalue weighted by Crippen LogP contribution is -2.32. The molecule has 2 rings (SSSR count). The topological polar surface area (TPSA) is 50.9 Å². The van der Waals surface area contributed by atoms with Gasteiger partial charge in [-0.15, -0.1) is 0 Å². The highest BCUT2D eigenvalue weighted by Crippen LogP contribution is 2.22. The van der Waals surface area contributed by atoms with Crippen LogP contribution in [-0.2, 0) is 6.42 Å². The second-order valence-electron chi connectivity index (χ2n) is 5.78. The number of nitrogens with one attached hydrogen (secondary N) is 1. The number of hydrogen-bond donors (Lipinski definition) is 2. The van der Waals surface area contributed by atoms with E-state index >= 15 is 0 Å². The van der Waals surface area contributed by atoms with Gasteiger partial charge in [0, 0.05) is 17.3 Å². The van der Waals surface area contributed by atoms with Crippen molar-refractivity contribution in [1.29, 1.82) is 0 Å². The van der Waals surface area contributed by atoms with E-state index in [1.165, 1.54) is 5.56 Å². The summed E-state index contributed by atoms with van der Waals surface area (Å²) in [6, 6.07) is 12.3. The van der Waals surface area contributed by atoms with Crippen molar-refractivity contribution in [3.63, 3.8) is 0 Å². The van der Waals surface area contributed by atoms with E-state index in [1.54, 1.807) is 12.4 Å². The Morgan fingerprint density at radius 2 is 1.95 bits per heavy atom.